The van der Waals surface area contributed by atoms with Crippen LogP contribution in [0.15, 0.2) is 35.7 Å². The maximum absolute atomic E-state index is 13.7. The molecule has 0 saturated heterocycles. The van der Waals surface area contributed by atoms with Crippen molar-refractivity contribution >= 4 is 32.1 Å². The fourth-order valence-corrected chi connectivity index (χ4v) is 4.75. The van der Waals surface area contributed by atoms with Gasteiger partial charge in [0.1, 0.15) is 5.82 Å². The van der Waals surface area contributed by atoms with Crippen molar-refractivity contribution in [1.29, 1.82) is 0 Å². The molecule has 2 heterocycles. The largest absolute Gasteiger partial charge is 0.306 e. The lowest BCUT2D eigenvalue weighted by atomic mass is 10.0. The molecule has 0 spiro atoms. The second-order valence-electron chi connectivity index (χ2n) is 5.25. The third-order valence-corrected chi connectivity index (χ3v) is 5.60. The Morgan fingerprint density at radius 1 is 1.19 bits per heavy atom. The number of hydrogen-bond acceptors (Lipinski definition) is 3. The number of benzene rings is 1. The number of thiophene rings is 2. The van der Waals surface area contributed by atoms with Crippen molar-refractivity contribution in [2.75, 3.05) is 6.54 Å². The van der Waals surface area contributed by atoms with Crippen LogP contribution in [0.2, 0.25) is 0 Å². The predicted molar refractivity (Wildman–Crippen MR) is 91.0 cm³/mol. The van der Waals surface area contributed by atoms with Gasteiger partial charge in [-0.25, -0.2) is 4.39 Å². The monoisotopic (exact) mass is 319 g/mol. The third-order valence-electron chi connectivity index (χ3n) is 3.44. The van der Waals surface area contributed by atoms with E-state index in [1.807, 2.05) is 6.92 Å². The van der Waals surface area contributed by atoms with Crippen LogP contribution in [0.1, 0.15) is 35.4 Å². The van der Waals surface area contributed by atoms with Crippen LogP contribution in [0, 0.1) is 12.7 Å². The molecule has 1 N–H and O–H groups in total. The van der Waals surface area contributed by atoms with Gasteiger partial charge in [-0.1, -0.05) is 13.0 Å². The maximum Gasteiger partial charge on any atom is 0.123 e. The fraction of sp³-hybridized carbons (Fsp3) is 0.294. The van der Waals surface area contributed by atoms with Crippen molar-refractivity contribution < 1.29 is 4.39 Å². The quantitative estimate of drug-likeness (QED) is 0.655. The molecule has 3 aromatic rings. The van der Waals surface area contributed by atoms with Gasteiger partial charge in [-0.05, 0) is 60.7 Å². The van der Waals surface area contributed by atoms with E-state index in [1.54, 1.807) is 34.8 Å². The zero-order valence-electron chi connectivity index (χ0n) is 12.2. The number of nitrogens with one attached hydrogen (secondary N) is 1. The van der Waals surface area contributed by atoms with Gasteiger partial charge in [0.2, 0.25) is 0 Å². The first-order chi connectivity index (χ1) is 10.2. The number of halogens is 1. The van der Waals surface area contributed by atoms with Gasteiger partial charge in [0.25, 0.3) is 0 Å². The van der Waals surface area contributed by atoms with Crippen molar-refractivity contribution in [1.82, 2.24) is 5.32 Å². The molecule has 0 saturated carbocycles. The highest BCUT2D eigenvalue weighted by molar-refractivity contribution is 7.27. The van der Waals surface area contributed by atoms with Crippen molar-refractivity contribution in [2.45, 2.75) is 26.3 Å². The first-order valence-electron chi connectivity index (χ1n) is 7.15. The summed E-state index contributed by atoms with van der Waals surface area (Å²) < 4.78 is 16.4. The third kappa shape index (κ3) is 3.18. The lowest BCUT2D eigenvalue weighted by molar-refractivity contribution is 0.590. The zero-order valence-corrected chi connectivity index (χ0v) is 13.8. The van der Waals surface area contributed by atoms with Gasteiger partial charge in [-0.3, -0.25) is 0 Å². The molecular weight excluding hydrogens is 301 g/mol. The first kappa shape index (κ1) is 14.7. The van der Waals surface area contributed by atoms with E-state index in [-0.39, 0.29) is 11.9 Å². The zero-order chi connectivity index (χ0) is 14.8. The summed E-state index contributed by atoms with van der Waals surface area (Å²) >= 11 is 3.55. The SMILES string of the molecule is CCCNC(c1cc(C)cc(F)c1)c1cc2sccc2s1. The number of aryl methyl sites for hydroxylation is 1. The van der Waals surface area contributed by atoms with Crippen LogP contribution in [0.25, 0.3) is 9.40 Å². The fourth-order valence-electron chi connectivity index (χ4n) is 2.53. The Morgan fingerprint density at radius 3 is 2.76 bits per heavy atom. The van der Waals surface area contributed by atoms with E-state index in [2.05, 4.69) is 35.8 Å². The number of rotatable bonds is 5. The average molecular weight is 319 g/mol. The molecule has 2 aromatic heterocycles. The van der Waals surface area contributed by atoms with Gasteiger partial charge in [0.15, 0.2) is 0 Å². The van der Waals surface area contributed by atoms with Gasteiger partial charge in [0, 0.05) is 14.3 Å². The molecule has 110 valence electrons. The summed E-state index contributed by atoms with van der Waals surface area (Å²) in [5, 5.41) is 5.67. The molecule has 0 radical (unpaired) electrons. The lowest BCUT2D eigenvalue weighted by Gasteiger charge is -2.18. The first-order valence-corrected chi connectivity index (χ1v) is 8.84. The van der Waals surface area contributed by atoms with Crippen LogP contribution in [-0.2, 0) is 0 Å². The highest BCUT2D eigenvalue weighted by Crippen LogP contribution is 2.36. The molecule has 1 nitrogen and oxygen atoms in total. The molecule has 1 unspecified atom stereocenters. The topological polar surface area (TPSA) is 12.0 Å². The molecule has 1 aromatic carbocycles. The minimum Gasteiger partial charge on any atom is -0.306 e. The lowest BCUT2D eigenvalue weighted by Crippen LogP contribution is -2.22. The van der Waals surface area contributed by atoms with Crippen LogP contribution in [0.5, 0.6) is 0 Å². The van der Waals surface area contributed by atoms with Gasteiger partial charge >= 0.3 is 0 Å². The minimum absolute atomic E-state index is 0.0731. The van der Waals surface area contributed by atoms with E-state index in [0.717, 1.165) is 24.1 Å². The molecule has 0 amide bonds. The summed E-state index contributed by atoms with van der Waals surface area (Å²) in [6, 6.07) is 9.76. The molecule has 3 rings (SSSR count). The Kier molecular flexibility index (Phi) is 4.38. The average Bonchev–Trinajstić information content (AvgIpc) is 2.99. The van der Waals surface area contributed by atoms with Crippen LogP contribution in [-0.4, -0.2) is 6.54 Å². The molecule has 21 heavy (non-hydrogen) atoms. The van der Waals surface area contributed by atoms with E-state index in [9.17, 15) is 4.39 Å². The smallest absolute Gasteiger partial charge is 0.123 e. The molecule has 0 aliphatic rings. The van der Waals surface area contributed by atoms with Crippen LogP contribution < -0.4 is 5.32 Å². The van der Waals surface area contributed by atoms with Gasteiger partial charge in [0.05, 0.1) is 6.04 Å². The summed E-state index contributed by atoms with van der Waals surface area (Å²) in [5.41, 5.74) is 1.97. The van der Waals surface area contributed by atoms with Crippen LogP contribution in [0.4, 0.5) is 4.39 Å². The summed E-state index contributed by atoms with van der Waals surface area (Å²) in [5.74, 6) is -0.160. The van der Waals surface area contributed by atoms with Crippen molar-refractivity contribution in [3.63, 3.8) is 0 Å². The molecule has 0 aliphatic carbocycles. The van der Waals surface area contributed by atoms with Gasteiger partial charge in [-0.15, -0.1) is 22.7 Å². The van der Waals surface area contributed by atoms with E-state index in [1.165, 1.54) is 14.3 Å². The Bertz CT molecular complexity index is 695. The molecule has 1 atom stereocenters. The summed E-state index contributed by atoms with van der Waals surface area (Å²) in [4.78, 5) is 1.26. The van der Waals surface area contributed by atoms with E-state index >= 15 is 0 Å². The highest BCUT2D eigenvalue weighted by atomic mass is 32.1. The van der Waals surface area contributed by atoms with Crippen LogP contribution >= 0.6 is 22.7 Å². The van der Waals surface area contributed by atoms with Gasteiger partial charge in [-0.2, -0.15) is 0 Å². The van der Waals surface area contributed by atoms with E-state index in [4.69, 9.17) is 0 Å². The van der Waals surface area contributed by atoms with Crippen LogP contribution in [0.3, 0.4) is 0 Å². The highest BCUT2D eigenvalue weighted by Gasteiger charge is 2.17. The molecule has 0 fully saturated rings. The predicted octanol–water partition coefficient (Wildman–Crippen LogP) is 5.50. The molecule has 4 heteroatoms. The van der Waals surface area contributed by atoms with Gasteiger partial charge < -0.3 is 5.32 Å². The number of hydrogen-bond donors (Lipinski definition) is 1. The summed E-state index contributed by atoms with van der Waals surface area (Å²) in [7, 11) is 0. The summed E-state index contributed by atoms with van der Waals surface area (Å²) in [6.45, 7) is 5.01. The Balaban J connectivity index is 2.02. The molecule has 0 bridgehead atoms. The number of fused-ring (bicyclic) bond motifs is 1. The van der Waals surface area contributed by atoms with Crippen molar-refractivity contribution in [2.24, 2.45) is 0 Å². The van der Waals surface area contributed by atoms with E-state index < -0.39 is 0 Å². The maximum atomic E-state index is 13.7. The van der Waals surface area contributed by atoms with Crippen molar-refractivity contribution in [3.05, 3.63) is 57.5 Å². The normalized spacial score (nSPS) is 12.9. The Hall–Kier alpha value is -1.23. The second-order valence-corrected chi connectivity index (χ2v) is 7.31. The Morgan fingerprint density at radius 2 is 2.05 bits per heavy atom. The standard InChI is InChI=1S/C17H18FNS2/c1-3-5-19-17(12-7-11(2)8-13(18)9-12)16-10-15-14(21-16)4-6-20-15/h4,6-10,17,19H,3,5H2,1-2H3. The molecule has 0 aliphatic heterocycles. The summed E-state index contributed by atoms with van der Waals surface area (Å²) in [6.07, 6.45) is 1.06. The van der Waals surface area contributed by atoms with Crippen molar-refractivity contribution in [3.8, 4) is 0 Å². The minimum atomic E-state index is -0.160. The Labute approximate surface area is 132 Å². The van der Waals surface area contributed by atoms with E-state index in [0.29, 0.717) is 0 Å². The second kappa shape index (κ2) is 6.26. The molecular formula is C17H18FNS2.